The fourth-order valence-electron chi connectivity index (χ4n) is 2.37. The highest BCUT2D eigenvalue weighted by atomic mass is 32.2. The quantitative estimate of drug-likeness (QED) is 0.725. The molecule has 3 aromatic rings. The summed E-state index contributed by atoms with van der Waals surface area (Å²) < 4.78 is 38.0. The van der Waals surface area contributed by atoms with Crippen molar-refractivity contribution in [2.75, 3.05) is 14.2 Å². The summed E-state index contributed by atoms with van der Waals surface area (Å²) >= 11 is 0. The van der Waals surface area contributed by atoms with E-state index in [2.05, 4.69) is 14.7 Å². The molecular formula is C17H17N3O4S. The molecule has 130 valence electrons. The van der Waals surface area contributed by atoms with Gasteiger partial charge in [0.25, 0.3) is 0 Å². The van der Waals surface area contributed by atoms with Crippen LogP contribution in [0.1, 0.15) is 5.56 Å². The van der Waals surface area contributed by atoms with E-state index in [1.54, 1.807) is 30.6 Å². The van der Waals surface area contributed by atoms with Crippen molar-refractivity contribution in [2.45, 2.75) is 11.4 Å². The summed E-state index contributed by atoms with van der Waals surface area (Å²) in [6, 6.07) is 9.97. The maximum atomic E-state index is 12.6. The molecule has 2 aromatic carbocycles. The lowest BCUT2D eigenvalue weighted by Gasteiger charge is -2.12. The van der Waals surface area contributed by atoms with E-state index >= 15 is 0 Å². The summed E-state index contributed by atoms with van der Waals surface area (Å²) in [5.41, 5.74) is 2.25. The smallest absolute Gasteiger partial charge is 0.244 e. The topological polar surface area (TPSA) is 90.4 Å². The number of ether oxygens (including phenoxy) is 2. The standard InChI is InChI=1S/C17H17N3O4S/c1-23-13-4-6-17(16(10-13)24-2)25(21,22)20-11-12-3-5-14-15(9-12)19-8-7-18-14/h3-10,20H,11H2,1-2H3. The third-order valence-corrected chi connectivity index (χ3v) is 5.10. The monoisotopic (exact) mass is 359 g/mol. The molecule has 0 bridgehead atoms. The Morgan fingerprint density at radius 3 is 2.44 bits per heavy atom. The first kappa shape index (κ1) is 17.1. The summed E-state index contributed by atoms with van der Waals surface area (Å²) in [5, 5.41) is 0. The Bertz CT molecular complexity index is 1010. The number of sulfonamides is 1. The van der Waals surface area contributed by atoms with Gasteiger partial charge in [-0.1, -0.05) is 6.07 Å². The zero-order valence-electron chi connectivity index (χ0n) is 13.8. The first-order valence-corrected chi connectivity index (χ1v) is 8.93. The fourth-order valence-corrected chi connectivity index (χ4v) is 3.54. The highest BCUT2D eigenvalue weighted by molar-refractivity contribution is 7.89. The Hall–Kier alpha value is -2.71. The highest BCUT2D eigenvalue weighted by Crippen LogP contribution is 2.28. The van der Waals surface area contributed by atoms with Crippen LogP contribution in [0.3, 0.4) is 0 Å². The molecular weight excluding hydrogens is 342 g/mol. The molecule has 0 aliphatic carbocycles. The molecule has 0 aliphatic rings. The molecule has 0 atom stereocenters. The van der Waals surface area contributed by atoms with E-state index in [-0.39, 0.29) is 17.2 Å². The van der Waals surface area contributed by atoms with Crippen molar-refractivity contribution < 1.29 is 17.9 Å². The number of rotatable bonds is 6. The lowest BCUT2D eigenvalue weighted by molar-refractivity contribution is 0.386. The van der Waals surface area contributed by atoms with Crippen LogP contribution in [-0.2, 0) is 16.6 Å². The van der Waals surface area contributed by atoms with Crippen LogP contribution in [0.5, 0.6) is 11.5 Å². The molecule has 0 amide bonds. The summed E-state index contributed by atoms with van der Waals surface area (Å²) in [6.45, 7) is 0.129. The summed E-state index contributed by atoms with van der Waals surface area (Å²) in [6.07, 6.45) is 3.21. The highest BCUT2D eigenvalue weighted by Gasteiger charge is 2.20. The zero-order valence-corrected chi connectivity index (χ0v) is 14.6. The van der Waals surface area contributed by atoms with E-state index in [0.717, 1.165) is 11.1 Å². The Morgan fingerprint density at radius 2 is 1.72 bits per heavy atom. The van der Waals surface area contributed by atoms with Gasteiger partial charge in [0.1, 0.15) is 16.4 Å². The van der Waals surface area contributed by atoms with Gasteiger partial charge in [-0.2, -0.15) is 0 Å². The van der Waals surface area contributed by atoms with Gasteiger partial charge in [0, 0.05) is 25.0 Å². The molecule has 0 spiro atoms. The number of aromatic nitrogens is 2. The number of benzene rings is 2. The molecule has 1 N–H and O–H groups in total. The minimum atomic E-state index is -3.75. The Morgan fingerprint density at radius 1 is 0.960 bits per heavy atom. The van der Waals surface area contributed by atoms with Crippen LogP contribution in [0.25, 0.3) is 11.0 Å². The van der Waals surface area contributed by atoms with E-state index in [4.69, 9.17) is 9.47 Å². The van der Waals surface area contributed by atoms with Crippen molar-refractivity contribution in [1.82, 2.24) is 14.7 Å². The Kier molecular flexibility index (Phi) is 4.82. The van der Waals surface area contributed by atoms with Crippen molar-refractivity contribution in [3.8, 4) is 11.5 Å². The molecule has 1 heterocycles. The molecule has 0 unspecified atom stereocenters. The van der Waals surface area contributed by atoms with E-state index < -0.39 is 10.0 Å². The van der Waals surface area contributed by atoms with Crippen LogP contribution in [0.15, 0.2) is 53.7 Å². The number of hydrogen-bond donors (Lipinski definition) is 1. The predicted octanol–water partition coefficient (Wildman–Crippen LogP) is 2.13. The number of nitrogens with one attached hydrogen (secondary N) is 1. The molecule has 0 saturated heterocycles. The SMILES string of the molecule is COc1ccc(S(=O)(=O)NCc2ccc3nccnc3c2)c(OC)c1. The maximum absolute atomic E-state index is 12.6. The predicted molar refractivity (Wildman–Crippen MR) is 93.1 cm³/mol. The third kappa shape index (κ3) is 3.70. The largest absolute Gasteiger partial charge is 0.497 e. The lowest BCUT2D eigenvalue weighted by Crippen LogP contribution is -2.23. The van der Waals surface area contributed by atoms with Crippen LogP contribution in [0.2, 0.25) is 0 Å². The number of fused-ring (bicyclic) bond motifs is 1. The van der Waals surface area contributed by atoms with Gasteiger partial charge in [0.2, 0.25) is 10.0 Å². The number of hydrogen-bond acceptors (Lipinski definition) is 6. The minimum Gasteiger partial charge on any atom is -0.497 e. The van der Waals surface area contributed by atoms with E-state index in [0.29, 0.717) is 11.3 Å². The van der Waals surface area contributed by atoms with E-state index in [9.17, 15) is 8.42 Å². The van der Waals surface area contributed by atoms with Gasteiger partial charge in [0.05, 0.1) is 25.3 Å². The molecule has 0 radical (unpaired) electrons. The van der Waals surface area contributed by atoms with Crippen molar-refractivity contribution in [3.63, 3.8) is 0 Å². The fraction of sp³-hybridized carbons (Fsp3) is 0.176. The van der Waals surface area contributed by atoms with Crippen LogP contribution in [-0.4, -0.2) is 32.6 Å². The molecule has 0 aliphatic heterocycles. The van der Waals surface area contributed by atoms with Gasteiger partial charge in [-0.3, -0.25) is 9.97 Å². The van der Waals surface area contributed by atoms with Crippen molar-refractivity contribution >= 4 is 21.1 Å². The Labute approximate surface area is 145 Å². The van der Waals surface area contributed by atoms with Gasteiger partial charge in [-0.25, -0.2) is 13.1 Å². The molecule has 7 nitrogen and oxygen atoms in total. The van der Waals surface area contributed by atoms with Gasteiger partial charge < -0.3 is 9.47 Å². The number of methoxy groups -OCH3 is 2. The summed E-state index contributed by atoms with van der Waals surface area (Å²) in [7, 11) is -0.830. The van der Waals surface area contributed by atoms with Crippen LogP contribution >= 0.6 is 0 Å². The van der Waals surface area contributed by atoms with Gasteiger partial charge >= 0.3 is 0 Å². The normalized spacial score (nSPS) is 11.4. The molecule has 25 heavy (non-hydrogen) atoms. The van der Waals surface area contributed by atoms with Crippen molar-refractivity contribution in [1.29, 1.82) is 0 Å². The third-order valence-electron chi connectivity index (χ3n) is 3.66. The second-order valence-corrected chi connectivity index (χ2v) is 6.96. The summed E-state index contributed by atoms with van der Waals surface area (Å²) in [4.78, 5) is 8.46. The number of nitrogens with zero attached hydrogens (tertiary/aromatic N) is 2. The minimum absolute atomic E-state index is 0.0522. The molecule has 8 heteroatoms. The zero-order chi connectivity index (χ0) is 17.9. The van der Waals surface area contributed by atoms with Crippen LogP contribution in [0.4, 0.5) is 0 Å². The molecule has 0 fully saturated rings. The Balaban J connectivity index is 1.83. The van der Waals surface area contributed by atoms with E-state index in [1.807, 2.05) is 6.07 Å². The second-order valence-electron chi connectivity index (χ2n) is 5.22. The first-order valence-electron chi connectivity index (χ1n) is 7.45. The average Bonchev–Trinajstić information content (AvgIpc) is 2.65. The van der Waals surface area contributed by atoms with Crippen molar-refractivity contribution in [3.05, 3.63) is 54.4 Å². The van der Waals surface area contributed by atoms with Gasteiger partial charge in [-0.15, -0.1) is 0 Å². The van der Waals surface area contributed by atoms with Gasteiger partial charge in [-0.05, 0) is 29.8 Å². The van der Waals surface area contributed by atoms with Crippen LogP contribution in [0, 0.1) is 0 Å². The molecule has 0 saturated carbocycles. The maximum Gasteiger partial charge on any atom is 0.244 e. The van der Waals surface area contributed by atoms with Gasteiger partial charge in [0.15, 0.2) is 0 Å². The molecule has 1 aromatic heterocycles. The molecule has 3 rings (SSSR count). The van der Waals surface area contributed by atoms with E-state index in [1.165, 1.54) is 26.4 Å². The summed E-state index contributed by atoms with van der Waals surface area (Å²) in [5.74, 6) is 0.736. The average molecular weight is 359 g/mol. The van der Waals surface area contributed by atoms with Crippen molar-refractivity contribution in [2.24, 2.45) is 0 Å². The lowest BCUT2D eigenvalue weighted by atomic mass is 10.2. The second kappa shape index (κ2) is 7.04. The van der Waals surface area contributed by atoms with Crippen LogP contribution < -0.4 is 14.2 Å². The first-order chi connectivity index (χ1) is 12.0.